The van der Waals surface area contributed by atoms with Gasteiger partial charge in [-0.25, -0.2) is 18.0 Å². The Balaban J connectivity index is 1.67. The molecule has 1 aromatic heterocycles. The van der Waals surface area contributed by atoms with Crippen LogP contribution in [0.25, 0.3) is 0 Å². The van der Waals surface area contributed by atoms with Crippen LogP contribution in [-0.2, 0) is 6.54 Å². The highest BCUT2D eigenvalue weighted by Gasteiger charge is 2.43. The molecule has 3 rings (SSSR count). The molecular formula is C19H21ClF3N5O. The first-order valence-electron chi connectivity index (χ1n) is 9.02. The summed E-state index contributed by atoms with van der Waals surface area (Å²) in [5, 5.41) is 10.5. The largest absolute Gasteiger partial charge is 0.347 e. The van der Waals surface area contributed by atoms with Crippen LogP contribution in [0.2, 0.25) is 5.02 Å². The lowest BCUT2D eigenvalue weighted by Gasteiger charge is -2.41. The van der Waals surface area contributed by atoms with Crippen LogP contribution >= 0.6 is 11.6 Å². The summed E-state index contributed by atoms with van der Waals surface area (Å²) in [7, 11) is 1.44. The highest BCUT2D eigenvalue weighted by Crippen LogP contribution is 2.31. The van der Waals surface area contributed by atoms with Gasteiger partial charge in [-0.2, -0.15) is 5.10 Å². The van der Waals surface area contributed by atoms with Gasteiger partial charge in [0.2, 0.25) is 0 Å². The van der Waals surface area contributed by atoms with E-state index in [9.17, 15) is 18.0 Å². The molecule has 1 fully saturated rings. The Labute approximate surface area is 171 Å². The maximum Gasteiger partial charge on any atom is 0.317 e. The van der Waals surface area contributed by atoms with Gasteiger partial charge in [0.1, 0.15) is 5.82 Å². The Morgan fingerprint density at radius 2 is 2.21 bits per heavy atom. The number of aromatic nitrogens is 2. The van der Waals surface area contributed by atoms with Gasteiger partial charge in [-0.05, 0) is 36.8 Å². The quantitative estimate of drug-likeness (QED) is 0.809. The van der Waals surface area contributed by atoms with E-state index >= 15 is 0 Å². The summed E-state index contributed by atoms with van der Waals surface area (Å²) in [5.74, 6) is -3.21. The second-order valence-electron chi connectivity index (χ2n) is 7.14. The van der Waals surface area contributed by atoms with E-state index in [1.807, 2.05) is 0 Å². The molecule has 0 radical (unpaired) electrons. The molecule has 1 unspecified atom stereocenters. The fourth-order valence-electron chi connectivity index (χ4n) is 3.28. The third kappa shape index (κ3) is 5.09. The summed E-state index contributed by atoms with van der Waals surface area (Å²) in [6.07, 6.45) is 0.988. The number of carbonyl (C=O) groups is 1. The minimum atomic E-state index is -2.99. The monoisotopic (exact) mass is 427 g/mol. The standard InChI is InChI=1S/C19H21ClF3N5O/c1-12-6-13(16(21)7-15(12)20)9-24-18(29)27(2)14-8-19(22,23)11-28(10-14)17-4-3-5-25-26-17/h3-7,14H,8-11H2,1-2H3,(H,24,29). The molecule has 29 heavy (non-hydrogen) atoms. The summed E-state index contributed by atoms with van der Waals surface area (Å²) < 4.78 is 42.6. The van der Waals surface area contributed by atoms with Crippen molar-refractivity contribution in [3.8, 4) is 0 Å². The normalized spacial score (nSPS) is 18.4. The van der Waals surface area contributed by atoms with E-state index in [0.29, 0.717) is 16.4 Å². The Morgan fingerprint density at radius 3 is 2.90 bits per heavy atom. The predicted molar refractivity (Wildman–Crippen MR) is 104 cm³/mol. The van der Waals surface area contributed by atoms with Gasteiger partial charge in [-0.15, -0.1) is 5.10 Å². The predicted octanol–water partition coefficient (Wildman–Crippen LogP) is 3.63. The number of rotatable bonds is 4. The van der Waals surface area contributed by atoms with Crippen molar-refractivity contribution >= 4 is 23.4 Å². The number of hydrogen-bond acceptors (Lipinski definition) is 4. The number of anilines is 1. The molecule has 1 aliphatic rings. The zero-order valence-electron chi connectivity index (χ0n) is 16.0. The van der Waals surface area contributed by atoms with Crippen LogP contribution in [0.15, 0.2) is 30.5 Å². The van der Waals surface area contributed by atoms with Crippen molar-refractivity contribution in [3.05, 3.63) is 52.4 Å². The number of urea groups is 1. The van der Waals surface area contributed by atoms with Gasteiger partial charge in [0.05, 0.1) is 12.6 Å². The van der Waals surface area contributed by atoms with Crippen LogP contribution in [0.4, 0.5) is 23.8 Å². The van der Waals surface area contributed by atoms with Gasteiger partial charge < -0.3 is 15.1 Å². The number of hydrogen-bond donors (Lipinski definition) is 1. The number of nitrogens with one attached hydrogen (secondary N) is 1. The molecular weight excluding hydrogens is 407 g/mol. The zero-order chi connectivity index (χ0) is 21.2. The van der Waals surface area contributed by atoms with E-state index in [4.69, 9.17) is 11.6 Å². The Hall–Kier alpha value is -2.55. The highest BCUT2D eigenvalue weighted by atomic mass is 35.5. The van der Waals surface area contributed by atoms with Crippen molar-refractivity contribution in [2.45, 2.75) is 31.9 Å². The molecule has 0 bridgehead atoms. The van der Waals surface area contributed by atoms with Crippen molar-refractivity contribution in [1.82, 2.24) is 20.4 Å². The molecule has 1 aliphatic heterocycles. The number of alkyl halides is 2. The van der Waals surface area contributed by atoms with Gasteiger partial charge in [0.15, 0.2) is 5.82 Å². The maximum absolute atomic E-state index is 14.3. The Kier molecular flexibility index (Phi) is 6.16. The summed E-state index contributed by atoms with van der Waals surface area (Å²) >= 11 is 5.87. The minimum Gasteiger partial charge on any atom is -0.347 e. The van der Waals surface area contributed by atoms with Gasteiger partial charge in [0.25, 0.3) is 5.92 Å². The first kappa shape index (κ1) is 21.2. The molecule has 1 saturated heterocycles. The topological polar surface area (TPSA) is 61.4 Å². The lowest BCUT2D eigenvalue weighted by molar-refractivity contribution is -0.0326. The molecule has 156 valence electrons. The molecule has 2 amide bonds. The molecule has 0 saturated carbocycles. The molecule has 0 aliphatic carbocycles. The van der Waals surface area contributed by atoms with E-state index in [2.05, 4.69) is 15.5 Å². The fourth-order valence-corrected chi connectivity index (χ4v) is 3.43. The van der Waals surface area contributed by atoms with Crippen LogP contribution in [0.5, 0.6) is 0 Å². The van der Waals surface area contributed by atoms with Crippen LogP contribution < -0.4 is 10.2 Å². The molecule has 6 nitrogen and oxygen atoms in total. The molecule has 1 aromatic carbocycles. The van der Waals surface area contributed by atoms with Crippen LogP contribution in [0.1, 0.15) is 17.5 Å². The molecule has 2 aromatic rings. The van der Waals surface area contributed by atoms with Crippen molar-refractivity contribution < 1.29 is 18.0 Å². The number of aryl methyl sites for hydroxylation is 1. The summed E-state index contributed by atoms with van der Waals surface area (Å²) in [6.45, 7) is 1.34. The van der Waals surface area contributed by atoms with E-state index in [-0.39, 0.29) is 18.7 Å². The average molecular weight is 428 g/mol. The van der Waals surface area contributed by atoms with Crippen molar-refractivity contribution in [2.75, 3.05) is 25.0 Å². The van der Waals surface area contributed by atoms with Crippen molar-refractivity contribution in [2.24, 2.45) is 0 Å². The average Bonchev–Trinajstić information content (AvgIpc) is 2.68. The van der Waals surface area contributed by atoms with Crippen molar-refractivity contribution in [3.63, 3.8) is 0 Å². The Morgan fingerprint density at radius 1 is 1.45 bits per heavy atom. The van der Waals surface area contributed by atoms with Crippen LogP contribution in [0, 0.1) is 12.7 Å². The molecule has 2 heterocycles. The number of likely N-dealkylation sites (N-methyl/N-ethyl adjacent to an activating group) is 1. The summed E-state index contributed by atoms with van der Waals surface area (Å²) in [6, 6.07) is 4.61. The molecule has 1 atom stereocenters. The van der Waals surface area contributed by atoms with Gasteiger partial charge in [0, 0.05) is 43.3 Å². The van der Waals surface area contributed by atoms with Gasteiger partial charge in [-0.3, -0.25) is 0 Å². The number of halogens is 4. The third-order valence-electron chi connectivity index (χ3n) is 4.90. The first-order valence-corrected chi connectivity index (χ1v) is 9.40. The van der Waals surface area contributed by atoms with Gasteiger partial charge in [-0.1, -0.05) is 11.6 Å². The number of benzene rings is 1. The molecule has 10 heteroatoms. The molecule has 1 N–H and O–H groups in total. The maximum atomic E-state index is 14.3. The highest BCUT2D eigenvalue weighted by molar-refractivity contribution is 6.31. The lowest BCUT2D eigenvalue weighted by Crippen LogP contribution is -2.57. The zero-order valence-corrected chi connectivity index (χ0v) is 16.8. The summed E-state index contributed by atoms with van der Waals surface area (Å²) in [4.78, 5) is 15.1. The Bertz CT molecular complexity index is 884. The van der Waals surface area contributed by atoms with E-state index in [1.165, 1.54) is 29.1 Å². The number of carbonyl (C=O) groups excluding carboxylic acids is 1. The molecule has 0 spiro atoms. The van der Waals surface area contributed by atoms with Crippen molar-refractivity contribution in [1.29, 1.82) is 0 Å². The fraction of sp³-hybridized carbons (Fsp3) is 0.421. The third-order valence-corrected chi connectivity index (χ3v) is 5.30. The lowest BCUT2D eigenvalue weighted by atomic mass is 10.0. The minimum absolute atomic E-state index is 0.0794. The second kappa shape index (κ2) is 8.44. The smallest absolute Gasteiger partial charge is 0.317 e. The second-order valence-corrected chi connectivity index (χ2v) is 7.55. The van der Waals surface area contributed by atoms with Gasteiger partial charge >= 0.3 is 6.03 Å². The van der Waals surface area contributed by atoms with Crippen LogP contribution in [-0.4, -0.2) is 53.2 Å². The van der Waals surface area contributed by atoms with E-state index in [0.717, 1.165) is 0 Å². The van der Waals surface area contributed by atoms with E-state index < -0.39 is 36.8 Å². The first-order chi connectivity index (χ1) is 13.7. The van der Waals surface area contributed by atoms with E-state index in [1.54, 1.807) is 25.1 Å². The summed E-state index contributed by atoms with van der Waals surface area (Å²) in [5.41, 5.74) is 0.945. The number of nitrogens with zero attached hydrogens (tertiary/aromatic N) is 4. The SMILES string of the molecule is Cc1cc(CNC(=O)N(C)C2CN(c3cccnn3)CC(F)(F)C2)c(F)cc1Cl. The number of amides is 2. The number of piperidine rings is 1. The van der Waals surface area contributed by atoms with Crippen LogP contribution in [0.3, 0.4) is 0 Å².